The molecule has 4 fully saturated rings. The average Bonchev–Trinajstić information content (AvgIpc) is 2.99. The molecule has 0 radical (unpaired) electrons. The smallest absolute Gasteiger partial charge is 0.176 e. The Labute approximate surface area is 138 Å². The summed E-state index contributed by atoms with van der Waals surface area (Å²) in [6, 6.07) is 6.15. The van der Waals surface area contributed by atoms with Crippen LogP contribution in [0.3, 0.4) is 0 Å². The summed E-state index contributed by atoms with van der Waals surface area (Å²) in [6.07, 6.45) is 9.31. The second-order valence-electron chi connectivity index (χ2n) is 8.52. The summed E-state index contributed by atoms with van der Waals surface area (Å²) in [4.78, 5) is 12.7. The summed E-state index contributed by atoms with van der Waals surface area (Å²) in [5, 5.41) is 7.09. The molecule has 23 heavy (non-hydrogen) atoms. The Morgan fingerprint density at radius 2 is 1.83 bits per heavy atom. The minimum Gasteiger partial charge on any atom is -0.384 e. The van der Waals surface area contributed by atoms with E-state index in [1.807, 2.05) is 6.07 Å². The van der Waals surface area contributed by atoms with Gasteiger partial charge >= 0.3 is 0 Å². The number of rotatable bonds is 4. The maximum absolute atomic E-state index is 12.7. The van der Waals surface area contributed by atoms with Crippen LogP contribution < -0.4 is 10.6 Å². The van der Waals surface area contributed by atoms with Gasteiger partial charge in [0, 0.05) is 23.3 Å². The molecule has 5 aliphatic rings. The molecule has 0 aromatic heterocycles. The lowest BCUT2D eigenvalue weighted by Crippen LogP contribution is -2.59. The lowest BCUT2D eigenvalue weighted by Gasteiger charge is -2.57. The van der Waals surface area contributed by atoms with Crippen molar-refractivity contribution in [1.29, 1.82) is 0 Å². The van der Waals surface area contributed by atoms with Crippen LogP contribution in [0, 0.1) is 17.8 Å². The second-order valence-corrected chi connectivity index (χ2v) is 8.52. The SMILES string of the molecule is O=C(CNC12CC3CC(CC(C3)C1)C2)c1ccc2c(c1)CCN2. The quantitative estimate of drug-likeness (QED) is 0.838. The van der Waals surface area contributed by atoms with Crippen LogP contribution in [-0.2, 0) is 6.42 Å². The van der Waals surface area contributed by atoms with Crippen LogP contribution in [0.2, 0.25) is 0 Å². The Hall–Kier alpha value is -1.35. The Morgan fingerprint density at radius 1 is 1.13 bits per heavy atom. The Kier molecular flexibility index (Phi) is 3.09. The summed E-state index contributed by atoms with van der Waals surface area (Å²) < 4.78 is 0. The van der Waals surface area contributed by atoms with Crippen LogP contribution in [0.5, 0.6) is 0 Å². The molecule has 1 aromatic carbocycles. The molecular weight excluding hydrogens is 284 g/mol. The molecule has 0 saturated heterocycles. The van der Waals surface area contributed by atoms with Crippen molar-refractivity contribution in [3.05, 3.63) is 29.3 Å². The molecule has 1 heterocycles. The highest BCUT2D eigenvalue weighted by molar-refractivity contribution is 5.98. The van der Waals surface area contributed by atoms with Gasteiger partial charge in [-0.25, -0.2) is 0 Å². The number of ketones is 1. The summed E-state index contributed by atoms with van der Waals surface area (Å²) >= 11 is 0. The van der Waals surface area contributed by atoms with Gasteiger partial charge in [-0.15, -0.1) is 0 Å². The number of Topliss-reactive ketones (excluding diaryl/α,β-unsaturated/α-hetero) is 1. The topological polar surface area (TPSA) is 41.1 Å². The number of anilines is 1. The highest BCUT2D eigenvalue weighted by Gasteiger charge is 2.50. The summed E-state index contributed by atoms with van der Waals surface area (Å²) in [6.45, 7) is 1.51. The molecule has 2 N–H and O–H groups in total. The van der Waals surface area contributed by atoms with Gasteiger partial charge in [0.15, 0.2) is 5.78 Å². The van der Waals surface area contributed by atoms with Crippen molar-refractivity contribution in [3.63, 3.8) is 0 Å². The zero-order valence-corrected chi connectivity index (χ0v) is 13.7. The van der Waals surface area contributed by atoms with Crippen LogP contribution in [0.4, 0.5) is 5.69 Å². The van der Waals surface area contributed by atoms with Crippen LogP contribution in [0.1, 0.15) is 54.4 Å². The molecule has 3 heteroatoms. The zero-order chi connectivity index (χ0) is 15.4. The molecule has 1 aliphatic heterocycles. The van der Waals surface area contributed by atoms with Crippen LogP contribution in [-0.4, -0.2) is 24.4 Å². The number of hydrogen-bond acceptors (Lipinski definition) is 3. The second kappa shape index (κ2) is 5.07. The van der Waals surface area contributed by atoms with Crippen molar-refractivity contribution in [2.24, 2.45) is 17.8 Å². The summed E-state index contributed by atoms with van der Waals surface area (Å²) in [5.74, 6) is 3.04. The van der Waals surface area contributed by atoms with E-state index in [1.165, 1.54) is 49.8 Å². The first kappa shape index (κ1) is 14.0. The molecule has 122 valence electrons. The molecule has 0 atom stereocenters. The molecule has 6 rings (SSSR count). The first-order valence-corrected chi connectivity index (χ1v) is 9.34. The van der Waals surface area contributed by atoms with Gasteiger partial charge in [-0.1, -0.05) is 0 Å². The Morgan fingerprint density at radius 3 is 2.52 bits per heavy atom. The van der Waals surface area contributed by atoms with Gasteiger partial charge in [-0.3, -0.25) is 4.79 Å². The van der Waals surface area contributed by atoms with Crippen LogP contribution in [0.25, 0.3) is 0 Å². The molecule has 0 amide bonds. The molecule has 4 aliphatic carbocycles. The number of carbonyl (C=O) groups is 1. The van der Waals surface area contributed by atoms with Crippen molar-refractivity contribution in [2.75, 3.05) is 18.4 Å². The van der Waals surface area contributed by atoms with Gasteiger partial charge in [-0.2, -0.15) is 0 Å². The third-order valence-corrected chi connectivity index (χ3v) is 6.80. The minimum atomic E-state index is 0.260. The number of fused-ring (bicyclic) bond motifs is 1. The third kappa shape index (κ3) is 2.40. The highest BCUT2D eigenvalue weighted by Crippen LogP contribution is 2.55. The molecule has 0 spiro atoms. The number of nitrogens with one attached hydrogen (secondary N) is 2. The number of hydrogen-bond donors (Lipinski definition) is 2. The largest absolute Gasteiger partial charge is 0.384 e. The average molecular weight is 310 g/mol. The molecular formula is C20H26N2O. The van der Waals surface area contributed by atoms with Crippen molar-refractivity contribution in [3.8, 4) is 0 Å². The molecule has 3 nitrogen and oxygen atoms in total. The predicted octanol–water partition coefficient (Wildman–Crippen LogP) is 3.40. The maximum atomic E-state index is 12.7. The molecule has 0 unspecified atom stereocenters. The van der Waals surface area contributed by atoms with Gasteiger partial charge in [-0.05, 0) is 86.5 Å². The van der Waals surface area contributed by atoms with Crippen molar-refractivity contribution >= 4 is 11.5 Å². The van der Waals surface area contributed by atoms with Gasteiger partial charge in [0.05, 0.1) is 6.54 Å². The van der Waals surface area contributed by atoms with E-state index in [-0.39, 0.29) is 11.3 Å². The third-order valence-electron chi connectivity index (χ3n) is 6.80. The Bertz CT molecular complexity index is 616. The fourth-order valence-electron chi connectivity index (χ4n) is 6.18. The fourth-order valence-corrected chi connectivity index (χ4v) is 6.18. The summed E-state index contributed by atoms with van der Waals surface area (Å²) in [7, 11) is 0. The van der Waals surface area contributed by atoms with E-state index in [2.05, 4.69) is 22.8 Å². The first-order valence-electron chi connectivity index (χ1n) is 9.34. The van der Waals surface area contributed by atoms with Gasteiger partial charge < -0.3 is 10.6 Å². The summed E-state index contributed by atoms with van der Waals surface area (Å²) in [5.41, 5.74) is 3.66. The van der Waals surface area contributed by atoms with Crippen molar-refractivity contribution < 1.29 is 4.79 Å². The van der Waals surface area contributed by atoms with Gasteiger partial charge in [0.2, 0.25) is 0 Å². The maximum Gasteiger partial charge on any atom is 0.176 e. The van der Waals surface area contributed by atoms with Gasteiger partial charge in [0.1, 0.15) is 0 Å². The fraction of sp³-hybridized carbons (Fsp3) is 0.650. The van der Waals surface area contributed by atoms with E-state index < -0.39 is 0 Å². The zero-order valence-electron chi connectivity index (χ0n) is 13.7. The van der Waals surface area contributed by atoms with E-state index in [0.717, 1.165) is 36.3 Å². The standard InChI is InChI=1S/C20H26N2O/c23-19(17-1-2-18-16(8-17)3-4-21-18)12-22-20-9-13-5-14(10-20)7-15(6-13)11-20/h1-2,8,13-15,21-22H,3-7,9-12H2. The molecule has 4 saturated carbocycles. The van der Waals surface area contributed by atoms with E-state index >= 15 is 0 Å². The lowest BCUT2D eigenvalue weighted by molar-refractivity contribution is -0.0186. The number of benzene rings is 1. The highest BCUT2D eigenvalue weighted by atomic mass is 16.1. The van der Waals surface area contributed by atoms with E-state index in [0.29, 0.717) is 6.54 Å². The molecule has 1 aromatic rings. The van der Waals surface area contributed by atoms with Crippen molar-refractivity contribution in [2.45, 2.75) is 50.5 Å². The monoisotopic (exact) mass is 310 g/mol. The van der Waals surface area contributed by atoms with E-state index in [1.54, 1.807) is 0 Å². The normalized spacial score (nSPS) is 36.8. The van der Waals surface area contributed by atoms with Crippen LogP contribution in [0.15, 0.2) is 18.2 Å². The van der Waals surface area contributed by atoms with E-state index in [4.69, 9.17) is 0 Å². The molecule has 4 bridgehead atoms. The number of carbonyl (C=O) groups excluding carboxylic acids is 1. The van der Waals surface area contributed by atoms with E-state index in [9.17, 15) is 4.79 Å². The predicted molar refractivity (Wildman–Crippen MR) is 91.9 cm³/mol. The lowest BCUT2D eigenvalue weighted by atomic mass is 9.53. The van der Waals surface area contributed by atoms with Crippen LogP contribution >= 0.6 is 0 Å². The van der Waals surface area contributed by atoms with Gasteiger partial charge in [0.25, 0.3) is 0 Å². The Balaban J connectivity index is 1.28. The minimum absolute atomic E-state index is 0.260. The first-order chi connectivity index (χ1) is 11.2. The van der Waals surface area contributed by atoms with Crippen molar-refractivity contribution in [1.82, 2.24) is 5.32 Å².